The number of carbonyl (C=O) groups is 1. The summed E-state index contributed by atoms with van der Waals surface area (Å²) in [7, 11) is 4.06. The van der Waals surface area contributed by atoms with Gasteiger partial charge in [0.25, 0.3) is 0 Å². The normalized spacial score (nSPS) is 11.7. The van der Waals surface area contributed by atoms with Crippen molar-refractivity contribution in [1.29, 1.82) is 0 Å². The fourth-order valence-electron chi connectivity index (χ4n) is 2.09. The number of anilines is 1. The number of carboxylic acid groups (broad SMARTS) is 1. The summed E-state index contributed by atoms with van der Waals surface area (Å²) < 4.78 is 0.767. The highest BCUT2D eigenvalue weighted by atomic mass is 79.9. The molecule has 5 heteroatoms. The second kappa shape index (κ2) is 6.39. The maximum atomic E-state index is 11.2. The summed E-state index contributed by atoms with van der Waals surface area (Å²) in [5.41, 5.74) is 1.00. The average molecular weight is 329 g/mol. The largest absolute Gasteiger partial charge is 0.478 e. The highest BCUT2D eigenvalue weighted by Crippen LogP contribution is 2.23. The molecular weight excluding hydrogens is 308 g/mol. The van der Waals surface area contributed by atoms with Crippen molar-refractivity contribution in [3.8, 4) is 0 Å². The minimum atomic E-state index is -0.922. The summed E-state index contributed by atoms with van der Waals surface area (Å²) in [6.45, 7) is 5.95. The molecule has 2 N–H and O–H groups in total. The lowest BCUT2D eigenvalue weighted by Crippen LogP contribution is -2.34. The monoisotopic (exact) mass is 328 g/mol. The van der Waals surface area contributed by atoms with Crippen LogP contribution in [0.4, 0.5) is 5.69 Å². The van der Waals surface area contributed by atoms with Crippen molar-refractivity contribution >= 4 is 27.6 Å². The van der Waals surface area contributed by atoms with Gasteiger partial charge in [0.2, 0.25) is 0 Å². The van der Waals surface area contributed by atoms with Crippen LogP contribution >= 0.6 is 15.9 Å². The minimum Gasteiger partial charge on any atom is -0.478 e. The van der Waals surface area contributed by atoms with Crippen LogP contribution in [-0.2, 0) is 0 Å². The first-order valence-electron chi connectivity index (χ1n) is 6.13. The number of aromatic carboxylic acids is 1. The van der Waals surface area contributed by atoms with E-state index in [-0.39, 0.29) is 11.0 Å². The third-order valence-corrected chi connectivity index (χ3v) is 3.21. The van der Waals surface area contributed by atoms with Crippen LogP contribution in [0.1, 0.15) is 24.2 Å². The van der Waals surface area contributed by atoms with E-state index in [2.05, 4.69) is 40.0 Å². The Morgan fingerprint density at radius 1 is 1.42 bits per heavy atom. The smallest absolute Gasteiger partial charge is 0.337 e. The van der Waals surface area contributed by atoms with Gasteiger partial charge >= 0.3 is 5.97 Å². The lowest BCUT2D eigenvalue weighted by molar-refractivity contribution is 0.0697. The molecule has 0 radical (unpaired) electrons. The molecule has 0 amide bonds. The Bertz CT molecular complexity index is 459. The summed E-state index contributed by atoms with van der Waals surface area (Å²) in [5, 5.41) is 12.4. The number of carboxylic acids is 1. The van der Waals surface area contributed by atoms with E-state index in [0.29, 0.717) is 12.2 Å². The average Bonchev–Trinajstić information content (AvgIpc) is 2.25. The second-order valence-electron chi connectivity index (χ2n) is 5.75. The molecule has 4 nitrogen and oxygen atoms in total. The van der Waals surface area contributed by atoms with Crippen LogP contribution in [0, 0.1) is 5.41 Å². The molecule has 0 aliphatic rings. The summed E-state index contributed by atoms with van der Waals surface area (Å²) in [4.78, 5) is 13.3. The molecule has 0 unspecified atom stereocenters. The van der Waals surface area contributed by atoms with Crippen molar-refractivity contribution in [1.82, 2.24) is 4.90 Å². The first kappa shape index (κ1) is 16.0. The molecule has 1 aromatic carbocycles. The van der Waals surface area contributed by atoms with Crippen molar-refractivity contribution in [2.45, 2.75) is 13.8 Å². The maximum absolute atomic E-state index is 11.2. The van der Waals surface area contributed by atoms with Gasteiger partial charge in [-0.15, -0.1) is 0 Å². The molecule has 1 rings (SSSR count). The Labute approximate surface area is 122 Å². The van der Waals surface area contributed by atoms with Gasteiger partial charge < -0.3 is 15.3 Å². The van der Waals surface area contributed by atoms with E-state index < -0.39 is 5.97 Å². The topological polar surface area (TPSA) is 52.6 Å². The number of hydrogen-bond donors (Lipinski definition) is 2. The van der Waals surface area contributed by atoms with Crippen LogP contribution in [0.5, 0.6) is 0 Å². The Kier molecular flexibility index (Phi) is 5.38. The van der Waals surface area contributed by atoms with Crippen LogP contribution in [-0.4, -0.2) is 43.2 Å². The molecule has 0 saturated carbocycles. The van der Waals surface area contributed by atoms with E-state index >= 15 is 0 Å². The van der Waals surface area contributed by atoms with Crippen LogP contribution in [0.3, 0.4) is 0 Å². The molecule has 19 heavy (non-hydrogen) atoms. The maximum Gasteiger partial charge on any atom is 0.337 e. The minimum absolute atomic E-state index is 0.0619. The number of rotatable bonds is 6. The van der Waals surface area contributed by atoms with Gasteiger partial charge in [0.15, 0.2) is 0 Å². The number of nitrogens with zero attached hydrogens (tertiary/aromatic N) is 1. The molecule has 1 aromatic rings. The summed E-state index contributed by atoms with van der Waals surface area (Å²) >= 11 is 3.29. The first-order valence-corrected chi connectivity index (χ1v) is 6.92. The highest BCUT2D eigenvalue weighted by molar-refractivity contribution is 9.10. The Balaban J connectivity index is 2.80. The van der Waals surface area contributed by atoms with Gasteiger partial charge in [-0.1, -0.05) is 29.8 Å². The molecule has 0 atom stereocenters. The van der Waals surface area contributed by atoms with Gasteiger partial charge in [-0.05, 0) is 37.7 Å². The lowest BCUT2D eigenvalue weighted by Gasteiger charge is -2.29. The quantitative estimate of drug-likeness (QED) is 0.842. The van der Waals surface area contributed by atoms with E-state index in [1.165, 1.54) is 0 Å². The van der Waals surface area contributed by atoms with E-state index in [0.717, 1.165) is 11.0 Å². The molecule has 106 valence electrons. The molecule has 0 spiro atoms. The van der Waals surface area contributed by atoms with Crippen LogP contribution < -0.4 is 5.32 Å². The standard InChI is InChI=1S/C14H21BrN2O2/c1-14(2,9-17(3)4)8-16-12-6-5-10(15)7-11(12)13(18)19/h5-7,16H,8-9H2,1-4H3,(H,18,19). The molecule has 0 aromatic heterocycles. The SMILES string of the molecule is CN(C)CC(C)(C)CNc1ccc(Br)cc1C(=O)O. The third kappa shape index (κ3) is 5.20. The Morgan fingerprint density at radius 3 is 2.58 bits per heavy atom. The fraction of sp³-hybridized carbons (Fsp3) is 0.500. The van der Waals surface area contributed by atoms with Gasteiger partial charge in [-0.25, -0.2) is 4.79 Å². The molecule has 0 saturated heterocycles. The molecule has 0 aliphatic carbocycles. The number of halogens is 1. The third-order valence-electron chi connectivity index (χ3n) is 2.71. The summed E-state index contributed by atoms with van der Waals surface area (Å²) in [5.74, 6) is -0.922. The van der Waals surface area contributed by atoms with Crippen molar-refractivity contribution in [2.75, 3.05) is 32.5 Å². The highest BCUT2D eigenvalue weighted by Gasteiger charge is 2.20. The van der Waals surface area contributed by atoms with Gasteiger partial charge in [0, 0.05) is 23.2 Å². The van der Waals surface area contributed by atoms with Crippen LogP contribution in [0.2, 0.25) is 0 Å². The molecule has 0 bridgehead atoms. The van der Waals surface area contributed by atoms with Gasteiger partial charge in [-0.3, -0.25) is 0 Å². The van der Waals surface area contributed by atoms with Crippen molar-refractivity contribution in [3.05, 3.63) is 28.2 Å². The van der Waals surface area contributed by atoms with Crippen LogP contribution in [0.25, 0.3) is 0 Å². The second-order valence-corrected chi connectivity index (χ2v) is 6.67. The van der Waals surface area contributed by atoms with Crippen molar-refractivity contribution < 1.29 is 9.90 Å². The first-order chi connectivity index (χ1) is 8.71. The lowest BCUT2D eigenvalue weighted by atomic mass is 9.92. The van der Waals surface area contributed by atoms with Crippen molar-refractivity contribution in [3.63, 3.8) is 0 Å². The summed E-state index contributed by atoms with van der Waals surface area (Å²) in [6.07, 6.45) is 0. The molecule has 0 heterocycles. The van der Waals surface area contributed by atoms with E-state index in [1.54, 1.807) is 12.1 Å². The van der Waals surface area contributed by atoms with Crippen LogP contribution in [0.15, 0.2) is 22.7 Å². The number of nitrogens with one attached hydrogen (secondary N) is 1. The zero-order valence-electron chi connectivity index (χ0n) is 11.8. The predicted molar refractivity (Wildman–Crippen MR) is 81.9 cm³/mol. The molecule has 0 fully saturated rings. The number of benzene rings is 1. The Morgan fingerprint density at radius 2 is 2.05 bits per heavy atom. The fourth-order valence-corrected chi connectivity index (χ4v) is 2.46. The van der Waals surface area contributed by atoms with Crippen molar-refractivity contribution in [2.24, 2.45) is 5.41 Å². The van der Waals surface area contributed by atoms with E-state index in [9.17, 15) is 9.90 Å². The van der Waals surface area contributed by atoms with E-state index in [4.69, 9.17) is 0 Å². The zero-order valence-corrected chi connectivity index (χ0v) is 13.4. The molecule has 0 aliphatic heterocycles. The van der Waals surface area contributed by atoms with Gasteiger partial charge in [-0.2, -0.15) is 0 Å². The zero-order chi connectivity index (χ0) is 14.6. The summed E-state index contributed by atoms with van der Waals surface area (Å²) in [6, 6.07) is 5.25. The molecular formula is C14H21BrN2O2. The van der Waals surface area contributed by atoms with E-state index in [1.807, 2.05) is 20.2 Å². The number of hydrogen-bond acceptors (Lipinski definition) is 3. The van der Waals surface area contributed by atoms with Gasteiger partial charge in [0.1, 0.15) is 0 Å². The predicted octanol–water partition coefficient (Wildman–Crippen LogP) is 3.15. The van der Waals surface area contributed by atoms with Gasteiger partial charge in [0.05, 0.1) is 5.56 Å². The Hall–Kier alpha value is -1.07.